The van der Waals surface area contributed by atoms with Crippen LogP contribution in [-0.2, 0) is 25.7 Å². The van der Waals surface area contributed by atoms with Gasteiger partial charge in [-0.25, -0.2) is 18.3 Å². The minimum atomic E-state index is -0.995. The maximum absolute atomic E-state index is 14.1. The Bertz CT molecular complexity index is 2050. The molecule has 19 heteroatoms. The molecule has 5 atom stereocenters. The van der Waals surface area contributed by atoms with Crippen molar-refractivity contribution >= 4 is 41.3 Å². The Morgan fingerprint density at radius 2 is 1.78 bits per heavy atom. The molecule has 2 aliphatic rings. The van der Waals surface area contributed by atoms with Crippen molar-refractivity contribution < 1.29 is 42.2 Å². The van der Waals surface area contributed by atoms with E-state index < -0.39 is 52.7 Å². The van der Waals surface area contributed by atoms with Gasteiger partial charge < -0.3 is 41.8 Å². The summed E-state index contributed by atoms with van der Waals surface area (Å²) in [5.41, 5.74) is 5.61. The first-order valence-electron chi connectivity index (χ1n) is 22.1. The average molecular weight is 912 g/mol. The third-order valence-electron chi connectivity index (χ3n) is 11.9. The van der Waals surface area contributed by atoms with Crippen LogP contribution in [0.3, 0.4) is 0 Å². The van der Waals surface area contributed by atoms with Gasteiger partial charge in [-0.3, -0.25) is 19.2 Å². The second-order valence-electron chi connectivity index (χ2n) is 17.3. The maximum atomic E-state index is 14.1. The van der Waals surface area contributed by atoms with E-state index in [9.17, 15) is 32.8 Å². The van der Waals surface area contributed by atoms with Gasteiger partial charge in [0.15, 0.2) is 23.2 Å². The van der Waals surface area contributed by atoms with Crippen LogP contribution in [0.15, 0.2) is 48.7 Å². The number of thioether (sulfide) groups is 1. The fourth-order valence-corrected chi connectivity index (χ4v) is 9.01. The molecule has 64 heavy (non-hydrogen) atoms. The van der Waals surface area contributed by atoms with Crippen LogP contribution in [0.5, 0.6) is 5.75 Å². The summed E-state index contributed by atoms with van der Waals surface area (Å²) in [4.78, 5) is 64.0. The van der Waals surface area contributed by atoms with Crippen molar-refractivity contribution in [1.82, 2.24) is 41.6 Å². The zero-order valence-corrected chi connectivity index (χ0v) is 38.0. The summed E-state index contributed by atoms with van der Waals surface area (Å²) in [6.45, 7) is 8.43. The summed E-state index contributed by atoms with van der Waals surface area (Å²) in [6, 6.07) is 9.04. The van der Waals surface area contributed by atoms with Crippen molar-refractivity contribution in [2.75, 3.05) is 32.1 Å². The summed E-state index contributed by atoms with van der Waals surface area (Å²) in [6.07, 6.45) is 7.98. The number of carbonyl (C=O) groups excluding carboxylic acids is 5. The van der Waals surface area contributed by atoms with Crippen LogP contribution in [0.25, 0.3) is 5.69 Å². The number of ketones is 1. The fourth-order valence-electron chi connectivity index (χ4n) is 7.46. The highest BCUT2D eigenvalue weighted by atomic mass is 32.2. The van der Waals surface area contributed by atoms with Gasteiger partial charge in [-0.2, -0.15) is 11.8 Å². The lowest BCUT2D eigenvalue weighted by molar-refractivity contribution is -0.132. The van der Waals surface area contributed by atoms with Crippen molar-refractivity contribution in [3.05, 3.63) is 71.6 Å². The van der Waals surface area contributed by atoms with Gasteiger partial charge in [0.1, 0.15) is 12.3 Å². The number of fused-ring (bicyclic) bond motifs is 1. The summed E-state index contributed by atoms with van der Waals surface area (Å²) < 4.78 is 41.1. The van der Waals surface area contributed by atoms with Crippen molar-refractivity contribution in [2.24, 2.45) is 11.1 Å². The lowest BCUT2D eigenvalue weighted by Crippen LogP contribution is -2.43. The van der Waals surface area contributed by atoms with E-state index in [1.165, 1.54) is 10.7 Å². The maximum Gasteiger partial charge on any atom is 0.315 e. The molecule has 1 aromatic heterocycles. The van der Waals surface area contributed by atoms with Gasteiger partial charge in [-0.1, -0.05) is 44.5 Å². The van der Waals surface area contributed by atoms with E-state index in [0.29, 0.717) is 68.4 Å². The number of para-hydroxylation sites is 1. The number of hydrogen-bond donors (Lipinski definition) is 6. The first-order valence-corrected chi connectivity index (χ1v) is 23.2. The number of nitrogens with two attached hydrogens (primary N) is 1. The zero-order valence-electron chi connectivity index (χ0n) is 37.2. The Morgan fingerprint density at radius 1 is 1.02 bits per heavy atom. The van der Waals surface area contributed by atoms with Crippen LogP contribution in [0.1, 0.15) is 108 Å². The number of benzene rings is 2. The van der Waals surface area contributed by atoms with Gasteiger partial charge in [-0.15, -0.1) is 5.10 Å². The largest absolute Gasteiger partial charge is 0.480 e. The summed E-state index contributed by atoms with van der Waals surface area (Å²) in [7, 11) is 0. The Labute approximate surface area is 377 Å². The molecule has 16 nitrogen and oxygen atoms in total. The van der Waals surface area contributed by atoms with E-state index in [2.05, 4.69) is 36.9 Å². The minimum Gasteiger partial charge on any atom is -0.480 e. The predicted molar refractivity (Wildman–Crippen MR) is 239 cm³/mol. The van der Waals surface area contributed by atoms with Crippen LogP contribution in [0.4, 0.5) is 13.6 Å². The van der Waals surface area contributed by atoms with Gasteiger partial charge in [0.2, 0.25) is 11.8 Å². The van der Waals surface area contributed by atoms with Crippen LogP contribution in [0, 0.1) is 17.0 Å². The number of hydrogen-bond acceptors (Lipinski definition) is 11. The predicted octanol–water partition coefficient (Wildman–Crippen LogP) is 4.87. The molecule has 2 saturated heterocycles. The molecule has 0 aliphatic carbocycles. The fraction of sp³-hybridized carbons (Fsp3) is 0.578. The molecular weight excluding hydrogens is 849 g/mol. The van der Waals surface area contributed by atoms with Gasteiger partial charge in [0.05, 0.1) is 42.2 Å². The Kier molecular flexibility index (Phi) is 18.5. The lowest BCUT2D eigenvalue weighted by Gasteiger charge is -2.31. The molecule has 3 heterocycles. The molecule has 2 fully saturated rings. The molecule has 0 radical (unpaired) electrons. The molecule has 3 aromatic rings. The number of ether oxygens (including phenoxy) is 2. The second-order valence-corrected chi connectivity index (χ2v) is 18.5. The number of carbonyl (C=O) groups is 5. The SMILES string of the molecule is CCC(C)(CCNC(=O)CCCC[C@@H]1SC[C@@H]2NC(=O)N[C@@H]21)OCCC(C)(C)C(=O)NCc1cn(-c2cccc(C(=O)NC(CCCCN)C(=O)COc3c(F)cccc3F)c2)nn1. The number of Topliss-reactive ketones (excluding diaryl/α,β-unsaturated/α-hetero) is 1. The molecule has 2 unspecified atom stereocenters. The molecule has 350 valence electrons. The molecule has 2 aliphatic heterocycles. The molecular formula is C45H63F2N9O7S. The smallest absolute Gasteiger partial charge is 0.315 e. The quantitative estimate of drug-likeness (QED) is 0.0448. The monoisotopic (exact) mass is 911 g/mol. The summed E-state index contributed by atoms with van der Waals surface area (Å²) in [5, 5.41) is 23.4. The third kappa shape index (κ3) is 14.4. The van der Waals surface area contributed by atoms with Gasteiger partial charge in [0, 0.05) is 41.6 Å². The second kappa shape index (κ2) is 23.7. The number of halogens is 2. The van der Waals surface area contributed by atoms with Crippen LogP contribution in [0.2, 0.25) is 0 Å². The molecule has 0 saturated carbocycles. The van der Waals surface area contributed by atoms with Crippen LogP contribution >= 0.6 is 11.8 Å². The highest BCUT2D eigenvalue weighted by Crippen LogP contribution is 2.33. The number of rotatable bonds is 27. The summed E-state index contributed by atoms with van der Waals surface area (Å²) in [5.74, 6) is -2.92. The topological polar surface area (TPSA) is 221 Å². The normalized spacial score (nSPS) is 18.3. The van der Waals surface area contributed by atoms with Gasteiger partial charge in [0.25, 0.3) is 5.91 Å². The van der Waals surface area contributed by atoms with E-state index in [1.54, 1.807) is 30.5 Å². The van der Waals surface area contributed by atoms with Gasteiger partial charge in [-0.05, 0) is 95.2 Å². The Hall–Kier alpha value is -5.14. The van der Waals surface area contributed by atoms with E-state index in [4.69, 9.17) is 15.2 Å². The number of unbranched alkanes of at least 4 members (excludes halogenated alkanes) is 2. The highest BCUT2D eigenvalue weighted by Gasteiger charge is 2.42. The van der Waals surface area contributed by atoms with E-state index in [-0.39, 0.29) is 48.5 Å². The Morgan fingerprint density at radius 3 is 2.53 bits per heavy atom. The Balaban J connectivity index is 1.03. The number of nitrogens with zero attached hydrogens (tertiary/aromatic N) is 3. The molecule has 7 N–H and O–H groups in total. The first kappa shape index (κ1) is 49.9. The van der Waals surface area contributed by atoms with Gasteiger partial charge >= 0.3 is 6.03 Å². The minimum absolute atomic E-state index is 0.0153. The molecule has 0 spiro atoms. The molecule has 0 bridgehead atoms. The third-order valence-corrected chi connectivity index (χ3v) is 13.4. The highest BCUT2D eigenvalue weighted by molar-refractivity contribution is 8.00. The number of aromatic nitrogens is 3. The number of amides is 5. The molecule has 5 amide bonds. The summed E-state index contributed by atoms with van der Waals surface area (Å²) >= 11 is 1.88. The lowest BCUT2D eigenvalue weighted by atomic mass is 9.88. The number of urea groups is 1. The molecule has 5 rings (SSSR count). The number of nitrogens with one attached hydrogen (secondary N) is 5. The zero-order chi connectivity index (χ0) is 46.3. The van der Waals surface area contributed by atoms with E-state index >= 15 is 0 Å². The van der Waals surface area contributed by atoms with Crippen molar-refractivity contribution in [3.63, 3.8) is 0 Å². The van der Waals surface area contributed by atoms with Crippen molar-refractivity contribution in [3.8, 4) is 11.4 Å². The standard InChI is InChI=1S/C45H63F2N9O7S/c1-5-45(4,19-22-49-38(58)18-7-6-17-37-39-35(28-64-37)52-43(61)53-39)63-23-20-44(2,3)42(60)50-25-30-26-56(55-54-30)31-13-10-12-29(24-31)41(59)51-34(16-8-9-21-48)36(57)27-62-40-32(46)14-11-15-33(40)47/h10-15,24,26,34-35,37,39H,5-9,16-23,25,27-28,48H2,1-4H3,(H,49,58)(H,50,60)(H,51,59)(H2,52,53,61)/t34?,35-,37-,39-,45?/m0/s1. The van der Waals surface area contributed by atoms with E-state index in [0.717, 1.165) is 43.6 Å². The van der Waals surface area contributed by atoms with E-state index in [1.807, 2.05) is 39.5 Å². The first-order chi connectivity index (χ1) is 30.6. The van der Waals surface area contributed by atoms with Crippen LogP contribution in [-0.4, -0.2) is 106 Å². The van der Waals surface area contributed by atoms with Crippen molar-refractivity contribution in [1.29, 1.82) is 0 Å². The average Bonchev–Trinajstić information content (AvgIpc) is 4.00. The van der Waals surface area contributed by atoms with Crippen LogP contribution < -0.4 is 37.1 Å². The van der Waals surface area contributed by atoms with Crippen molar-refractivity contribution in [2.45, 2.75) is 127 Å². The molecule has 2 aromatic carbocycles.